The van der Waals surface area contributed by atoms with Crippen molar-refractivity contribution in [2.45, 2.75) is 32.2 Å². The topological polar surface area (TPSA) is 47.6 Å². The number of hydrogen-bond acceptors (Lipinski definition) is 4. The zero-order chi connectivity index (χ0) is 10.2. The predicted molar refractivity (Wildman–Crippen MR) is 53.1 cm³/mol. The van der Waals surface area contributed by atoms with E-state index in [1.807, 2.05) is 6.92 Å². The molecule has 1 rings (SSSR count). The molecule has 0 aromatic rings. The molecule has 1 atom stereocenters. The summed E-state index contributed by atoms with van der Waals surface area (Å²) in [5.74, 6) is -0.100. The maximum atomic E-state index is 11.0. The van der Waals surface area contributed by atoms with E-state index in [-0.39, 0.29) is 5.97 Å². The second-order valence-corrected chi connectivity index (χ2v) is 3.42. The lowest BCUT2D eigenvalue weighted by Crippen LogP contribution is -2.30. The molecule has 1 N–H and O–H groups in total. The first kappa shape index (κ1) is 11.5. The quantitative estimate of drug-likeness (QED) is 0.508. The van der Waals surface area contributed by atoms with Crippen LogP contribution in [0.5, 0.6) is 0 Å². The molecule has 0 aromatic carbocycles. The van der Waals surface area contributed by atoms with E-state index in [0.717, 1.165) is 32.6 Å². The van der Waals surface area contributed by atoms with Crippen LogP contribution in [0.15, 0.2) is 0 Å². The van der Waals surface area contributed by atoms with E-state index in [0.29, 0.717) is 19.1 Å². The minimum atomic E-state index is -0.100. The minimum absolute atomic E-state index is 0.100. The summed E-state index contributed by atoms with van der Waals surface area (Å²) in [6, 6.07) is 0.484. The predicted octanol–water partition coefficient (Wildman–Crippen LogP) is 0.708. The molecule has 1 unspecified atom stereocenters. The number of esters is 1. The van der Waals surface area contributed by atoms with Gasteiger partial charge in [-0.2, -0.15) is 0 Å². The Labute approximate surface area is 85.0 Å². The molecule has 0 aromatic heterocycles. The standard InChI is InChI=1S/C10H19NO3/c1-2-14-10(12)4-3-6-11-9-5-7-13-8-9/h9,11H,2-8H2,1H3. The Morgan fingerprint density at radius 2 is 2.50 bits per heavy atom. The number of hydrogen-bond donors (Lipinski definition) is 1. The van der Waals surface area contributed by atoms with Crippen LogP contribution in [0.1, 0.15) is 26.2 Å². The highest BCUT2D eigenvalue weighted by atomic mass is 16.5. The molecule has 0 radical (unpaired) electrons. The van der Waals surface area contributed by atoms with E-state index in [1.54, 1.807) is 0 Å². The van der Waals surface area contributed by atoms with Gasteiger partial charge < -0.3 is 14.8 Å². The zero-order valence-electron chi connectivity index (χ0n) is 8.75. The van der Waals surface area contributed by atoms with Crippen LogP contribution >= 0.6 is 0 Å². The van der Waals surface area contributed by atoms with Crippen LogP contribution in [0, 0.1) is 0 Å². The Bertz CT molecular complexity index is 167. The van der Waals surface area contributed by atoms with Crippen molar-refractivity contribution in [2.24, 2.45) is 0 Å². The van der Waals surface area contributed by atoms with Gasteiger partial charge in [-0.3, -0.25) is 4.79 Å². The van der Waals surface area contributed by atoms with Crippen molar-refractivity contribution in [2.75, 3.05) is 26.4 Å². The van der Waals surface area contributed by atoms with Gasteiger partial charge in [0.25, 0.3) is 0 Å². The van der Waals surface area contributed by atoms with Crippen molar-refractivity contribution in [1.29, 1.82) is 0 Å². The van der Waals surface area contributed by atoms with Gasteiger partial charge in [0.2, 0.25) is 0 Å². The lowest BCUT2D eigenvalue weighted by atomic mass is 10.2. The monoisotopic (exact) mass is 201 g/mol. The average molecular weight is 201 g/mol. The SMILES string of the molecule is CCOC(=O)CCCNC1CCOC1. The molecule has 0 amide bonds. The van der Waals surface area contributed by atoms with E-state index in [9.17, 15) is 4.79 Å². The van der Waals surface area contributed by atoms with Crippen molar-refractivity contribution in [3.05, 3.63) is 0 Å². The third-order valence-electron chi connectivity index (χ3n) is 2.23. The van der Waals surface area contributed by atoms with Crippen molar-refractivity contribution in [3.63, 3.8) is 0 Å². The normalized spacial score (nSPS) is 21.1. The second kappa shape index (κ2) is 6.79. The first-order valence-corrected chi connectivity index (χ1v) is 5.29. The summed E-state index contributed by atoms with van der Waals surface area (Å²) in [6.07, 6.45) is 2.43. The van der Waals surface area contributed by atoms with Gasteiger partial charge in [-0.25, -0.2) is 0 Å². The van der Waals surface area contributed by atoms with Crippen molar-refractivity contribution in [3.8, 4) is 0 Å². The number of nitrogens with one attached hydrogen (secondary N) is 1. The van der Waals surface area contributed by atoms with Crippen molar-refractivity contribution < 1.29 is 14.3 Å². The van der Waals surface area contributed by atoms with E-state index >= 15 is 0 Å². The molecule has 4 heteroatoms. The zero-order valence-corrected chi connectivity index (χ0v) is 8.75. The summed E-state index contributed by atoms with van der Waals surface area (Å²) in [5, 5.41) is 3.35. The molecule has 1 aliphatic rings. The Morgan fingerprint density at radius 1 is 1.64 bits per heavy atom. The van der Waals surface area contributed by atoms with E-state index < -0.39 is 0 Å². The molecule has 4 nitrogen and oxygen atoms in total. The fourth-order valence-corrected chi connectivity index (χ4v) is 1.47. The van der Waals surface area contributed by atoms with E-state index in [2.05, 4.69) is 5.32 Å². The maximum absolute atomic E-state index is 11.0. The van der Waals surface area contributed by atoms with Gasteiger partial charge in [0.1, 0.15) is 0 Å². The molecule has 0 spiro atoms. The molecule has 1 aliphatic heterocycles. The second-order valence-electron chi connectivity index (χ2n) is 3.42. The smallest absolute Gasteiger partial charge is 0.305 e. The Hall–Kier alpha value is -0.610. The Morgan fingerprint density at radius 3 is 3.14 bits per heavy atom. The molecule has 82 valence electrons. The third-order valence-corrected chi connectivity index (χ3v) is 2.23. The largest absolute Gasteiger partial charge is 0.466 e. The molecule has 1 saturated heterocycles. The summed E-state index contributed by atoms with van der Waals surface area (Å²) in [4.78, 5) is 11.0. The van der Waals surface area contributed by atoms with Gasteiger partial charge in [-0.05, 0) is 26.3 Å². The highest BCUT2D eigenvalue weighted by Gasteiger charge is 2.14. The van der Waals surface area contributed by atoms with Crippen LogP contribution in [0.4, 0.5) is 0 Å². The van der Waals surface area contributed by atoms with Crippen LogP contribution in [0.25, 0.3) is 0 Å². The third kappa shape index (κ3) is 4.58. The van der Waals surface area contributed by atoms with Gasteiger partial charge >= 0.3 is 5.97 Å². The Balaban J connectivity index is 1.90. The summed E-state index contributed by atoms with van der Waals surface area (Å²) < 4.78 is 10.0. The van der Waals surface area contributed by atoms with Crippen molar-refractivity contribution in [1.82, 2.24) is 5.32 Å². The number of ether oxygens (including phenoxy) is 2. The molecule has 0 saturated carbocycles. The molecule has 1 heterocycles. The molecular formula is C10H19NO3. The van der Waals surface area contributed by atoms with E-state index in [1.165, 1.54) is 0 Å². The van der Waals surface area contributed by atoms with Crippen LogP contribution in [-0.2, 0) is 14.3 Å². The summed E-state index contributed by atoms with van der Waals surface area (Å²) in [5.41, 5.74) is 0. The summed E-state index contributed by atoms with van der Waals surface area (Å²) >= 11 is 0. The first-order valence-electron chi connectivity index (χ1n) is 5.29. The molecule has 14 heavy (non-hydrogen) atoms. The number of rotatable bonds is 6. The molecule has 0 bridgehead atoms. The van der Waals surface area contributed by atoms with Crippen LogP contribution in [0.2, 0.25) is 0 Å². The highest BCUT2D eigenvalue weighted by Crippen LogP contribution is 2.03. The lowest BCUT2D eigenvalue weighted by Gasteiger charge is -2.09. The summed E-state index contributed by atoms with van der Waals surface area (Å²) in [7, 11) is 0. The summed E-state index contributed by atoms with van der Waals surface area (Å²) in [6.45, 7) is 4.83. The van der Waals surface area contributed by atoms with Gasteiger partial charge in [-0.1, -0.05) is 0 Å². The van der Waals surface area contributed by atoms with Crippen LogP contribution in [0.3, 0.4) is 0 Å². The van der Waals surface area contributed by atoms with Gasteiger partial charge in [0.05, 0.1) is 13.2 Å². The van der Waals surface area contributed by atoms with Gasteiger partial charge in [0.15, 0.2) is 0 Å². The number of carbonyl (C=O) groups is 1. The minimum Gasteiger partial charge on any atom is -0.466 e. The van der Waals surface area contributed by atoms with E-state index in [4.69, 9.17) is 9.47 Å². The fourth-order valence-electron chi connectivity index (χ4n) is 1.47. The van der Waals surface area contributed by atoms with Gasteiger partial charge in [-0.15, -0.1) is 0 Å². The number of carbonyl (C=O) groups excluding carboxylic acids is 1. The highest BCUT2D eigenvalue weighted by molar-refractivity contribution is 5.69. The maximum Gasteiger partial charge on any atom is 0.305 e. The molecular weight excluding hydrogens is 182 g/mol. The first-order chi connectivity index (χ1) is 6.83. The molecule has 1 fully saturated rings. The van der Waals surface area contributed by atoms with Crippen LogP contribution in [-0.4, -0.2) is 38.4 Å². The molecule has 0 aliphatic carbocycles. The Kier molecular flexibility index (Phi) is 5.56. The average Bonchev–Trinajstić information content (AvgIpc) is 2.65. The van der Waals surface area contributed by atoms with Crippen LogP contribution < -0.4 is 5.32 Å². The fraction of sp³-hybridized carbons (Fsp3) is 0.900. The van der Waals surface area contributed by atoms with Crippen molar-refractivity contribution >= 4 is 5.97 Å². The van der Waals surface area contributed by atoms with Gasteiger partial charge in [0, 0.05) is 19.1 Å². The lowest BCUT2D eigenvalue weighted by molar-refractivity contribution is -0.143.